The van der Waals surface area contributed by atoms with Gasteiger partial charge in [-0.2, -0.15) is 0 Å². The molecule has 0 saturated heterocycles. The minimum absolute atomic E-state index is 0.147. The van der Waals surface area contributed by atoms with Crippen LogP contribution in [0, 0.1) is 0 Å². The van der Waals surface area contributed by atoms with Crippen molar-refractivity contribution in [3.63, 3.8) is 0 Å². The fraction of sp³-hybridized carbons (Fsp3) is 0.550. The average Bonchev–Trinajstić information content (AvgIpc) is 3.48. The molecule has 1 N–H and O–H groups in total. The molecule has 5 heteroatoms. The SMILES string of the molecule is CC(C)N(CCC(=O)NC1CC1)c1nc(C2CC2)nc2ccccc12. The summed E-state index contributed by atoms with van der Waals surface area (Å²) in [5.74, 6) is 2.59. The van der Waals surface area contributed by atoms with E-state index in [9.17, 15) is 4.79 Å². The largest absolute Gasteiger partial charge is 0.353 e. The highest BCUT2D eigenvalue weighted by Gasteiger charge is 2.29. The summed E-state index contributed by atoms with van der Waals surface area (Å²) in [6, 6.07) is 8.90. The van der Waals surface area contributed by atoms with Gasteiger partial charge in [-0.1, -0.05) is 12.1 Å². The predicted octanol–water partition coefficient (Wildman–Crippen LogP) is 3.39. The number of nitrogens with zero attached hydrogens (tertiary/aromatic N) is 3. The summed E-state index contributed by atoms with van der Waals surface area (Å²) in [7, 11) is 0. The van der Waals surface area contributed by atoms with Gasteiger partial charge in [0.05, 0.1) is 5.52 Å². The minimum Gasteiger partial charge on any atom is -0.353 e. The standard InChI is InChI=1S/C20H26N4O/c1-13(2)24(12-11-18(25)21-15-9-10-15)20-16-5-3-4-6-17(16)22-19(23-20)14-7-8-14/h3-6,13-15H,7-12H2,1-2H3,(H,21,25). The summed E-state index contributed by atoms with van der Waals surface area (Å²) >= 11 is 0. The molecule has 2 saturated carbocycles. The number of amides is 1. The van der Waals surface area contributed by atoms with Crippen LogP contribution >= 0.6 is 0 Å². The molecule has 0 unspecified atom stereocenters. The van der Waals surface area contributed by atoms with E-state index in [1.165, 1.54) is 12.8 Å². The maximum absolute atomic E-state index is 12.1. The van der Waals surface area contributed by atoms with E-state index in [0.29, 0.717) is 24.9 Å². The smallest absolute Gasteiger partial charge is 0.221 e. The molecule has 1 aromatic carbocycles. The zero-order chi connectivity index (χ0) is 17.4. The summed E-state index contributed by atoms with van der Waals surface area (Å²) < 4.78 is 0. The highest BCUT2D eigenvalue weighted by Crippen LogP contribution is 2.40. The number of benzene rings is 1. The molecule has 132 valence electrons. The Bertz CT molecular complexity index is 780. The van der Waals surface area contributed by atoms with E-state index < -0.39 is 0 Å². The molecule has 2 aliphatic carbocycles. The van der Waals surface area contributed by atoms with E-state index >= 15 is 0 Å². The second kappa shape index (κ2) is 6.62. The first-order valence-corrected chi connectivity index (χ1v) is 9.44. The van der Waals surface area contributed by atoms with Crippen LogP contribution in [0.25, 0.3) is 10.9 Å². The Kier molecular flexibility index (Phi) is 4.32. The molecule has 2 aromatic rings. The Labute approximate surface area is 148 Å². The number of hydrogen-bond acceptors (Lipinski definition) is 4. The Hall–Kier alpha value is -2.17. The maximum Gasteiger partial charge on any atom is 0.221 e. The molecule has 0 spiro atoms. The monoisotopic (exact) mass is 338 g/mol. The highest BCUT2D eigenvalue weighted by atomic mass is 16.1. The molecule has 1 aromatic heterocycles. The topological polar surface area (TPSA) is 58.1 Å². The molecule has 0 aliphatic heterocycles. The number of fused-ring (bicyclic) bond motifs is 1. The van der Waals surface area contributed by atoms with E-state index in [1.807, 2.05) is 12.1 Å². The van der Waals surface area contributed by atoms with Crippen LogP contribution in [-0.2, 0) is 4.79 Å². The molecule has 0 radical (unpaired) electrons. The van der Waals surface area contributed by atoms with Gasteiger partial charge in [-0.25, -0.2) is 9.97 Å². The quantitative estimate of drug-likeness (QED) is 0.841. The van der Waals surface area contributed by atoms with Gasteiger partial charge in [0.1, 0.15) is 11.6 Å². The van der Waals surface area contributed by atoms with Gasteiger partial charge in [0, 0.05) is 36.4 Å². The Balaban J connectivity index is 1.62. The van der Waals surface area contributed by atoms with Crippen LogP contribution < -0.4 is 10.2 Å². The van der Waals surface area contributed by atoms with Crippen LogP contribution in [0.15, 0.2) is 24.3 Å². The zero-order valence-electron chi connectivity index (χ0n) is 15.0. The van der Waals surface area contributed by atoms with E-state index in [1.54, 1.807) is 0 Å². The van der Waals surface area contributed by atoms with Crippen LogP contribution in [0.2, 0.25) is 0 Å². The van der Waals surface area contributed by atoms with Gasteiger partial charge in [-0.05, 0) is 51.7 Å². The number of rotatable bonds is 7. The Morgan fingerprint density at radius 3 is 2.64 bits per heavy atom. The molecule has 5 nitrogen and oxygen atoms in total. The minimum atomic E-state index is 0.147. The Morgan fingerprint density at radius 1 is 1.20 bits per heavy atom. The second-order valence-electron chi connectivity index (χ2n) is 7.58. The highest BCUT2D eigenvalue weighted by molar-refractivity contribution is 5.90. The molecule has 1 heterocycles. The summed E-state index contributed by atoms with van der Waals surface area (Å²) in [5, 5.41) is 4.15. The van der Waals surface area contributed by atoms with Crippen molar-refractivity contribution in [3.05, 3.63) is 30.1 Å². The van der Waals surface area contributed by atoms with Crippen molar-refractivity contribution in [2.45, 2.75) is 64.0 Å². The van der Waals surface area contributed by atoms with Gasteiger partial charge >= 0.3 is 0 Å². The van der Waals surface area contributed by atoms with Crippen molar-refractivity contribution in [2.75, 3.05) is 11.4 Å². The van der Waals surface area contributed by atoms with Gasteiger partial charge in [0.15, 0.2) is 0 Å². The number of aromatic nitrogens is 2. The fourth-order valence-corrected chi connectivity index (χ4v) is 3.18. The molecule has 2 fully saturated rings. The van der Waals surface area contributed by atoms with E-state index in [-0.39, 0.29) is 11.9 Å². The molecular weight excluding hydrogens is 312 g/mol. The number of carbonyl (C=O) groups is 1. The van der Waals surface area contributed by atoms with Crippen LogP contribution in [0.4, 0.5) is 5.82 Å². The van der Waals surface area contributed by atoms with Crippen LogP contribution in [0.3, 0.4) is 0 Å². The molecule has 0 bridgehead atoms. The Morgan fingerprint density at radius 2 is 1.96 bits per heavy atom. The zero-order valence-corrected chi connectivity index (χ0v) is 15.0. The molecule has 4 rings (SSSR count). The normalized spacial score (nSPS) is 17.1. The first kappa shape index (κ1) is 16.3. The number of carbonyl (C=O) groups excluding carboxylic acids is 1. The van der Waals surface area contributed by atoms with E-state index in [4.69, 9.17) is 9.97 Å². The van der Waals surface area contributed by atoms with Gasteiger partial charge in [0.25, 0.3) is 0 Å². The van der Waals surface area contributed by atoms with Crippen molar-refractivity contribution in [3.8, 4) is 0 Å². The number of para-hydroxylation sites is 1. The average molecular weight is 338 g/mol. The third kappa shape index (κ3) is 3.75. The van der Waals surface area contributed by atoms with Crippen LogP contribution in [0.5, 0.6) is 0 Å². The molecule has 2 aliphatic rings. The van der Waals surface area contributed by atoms with E-state index in [2.05, 4.69) is 36.2 Å². The fourth-order valence-electron chi connectivity index (χ4n) is 3.18. The van der Waals surface area contributed by atoms with Gasteiger partial charge in [-0.15, -0.1) is 0 Å². The molecular formula is C20H26N4O. The summed E-state index contributed by atoms with van der Waals surface area (Å²) in [6.45, 7) is 5.00. The molecule has 0 atom stereocenters. The van der Waals surface area contributed by atoms with E-state index in [0.717, 1.165) is 35.4 Å². The lowest BCUT2D eigenvalue weighted by Gasteiger charge is -2.29. The first-order valence-electron chi connectivity index (χ1n) is 9.44. The molecule has 25 heavy (non-hydrogen) atoms. The lowest BCUT2D eigenvalue weighted by atomic mass is 10.2. The van der Waals surface area contributed by atoms with Crippen molar-refractivity contribution >= 4 is 22.6 Å². The van der Waals surface area contributed by atoms with Crippen molar-refractivity contribution in [2.24, 2.45) is 0 Å². The summed E-state index contributed by atoms with van der Waals surface area (Å²) in [4.78, 5) is 24.1. The van der Waals surface area contributed by atoms with Crippen LogP contribution in [-0.4, -0.2) is 34.5 Å². The summed E-state index contributed by atoms with van der Waals surface area (Å²) in [5.41, 5.74) is 1.00. The maximum atomic E-state index is 12.1. The third-order valence-electron chi connectivity index (χ3n) is 4.96. The van der Waals surface area contributed by atoms with Gasteiger partial charge in [-0.3, -0.25) is 4.79 Å². The lowest BCUT2D eigenvalue weighted by Crippen LogP contribution is -2.36. The van der Waals surface area contributed by atoms with Crippen LogP contribution in [0.1, 0.15) is 57.7 Å². The number of hydrogen-bond donors (Lipinski definition) is 1. The second-order valence-corrected chi connectivity index (χ2v) is 7.58. The first-order chi connectivity index (χ1) is 12.1. The lowest BCUT2D eigenvalue weighted by molar-refractivity contribution is -0.121. The predicted molar refractivity (Wildman–Crippen MR) is 99.8 cm³/mol. The number of nitrogens with one attached hydrogen (secondary N) is 1. The van der Waals surface area contributed by atoms with Gasteiger partial charge in [0.2, 0.25) is 5.91 Å². The van der Waals surface area contributed by atoms with Crippen molar-refractivity contribution in [1.29, 1.82) is 0 Å². The number of anilines is 1. The third-order valence-corrected chi connectivity index (χ3v) is 4.96. The van der Waals surface area contributed by atoms with Crippen molar-refractivity contribution < 1.29 is 4.79 Å². The van der Waals surface area contributed by atoms with Gasteiger partial charge < -0.3 is 10.2 Å². The van der Waals surface area contributed by atoms with Crippen molar-refractivity contribution in [1.82, 2.24) is 15.3 Å². The summed E-state index contributed by atoms with van der Waals surface area (Å²) in [6.07, 6.45) is 5.13. The molecule has 1 amide bonds.